The Morgan fingerprint density at radius 1 is 0.562 bits per heavy atom. The molecule has 4 aromatic heterocycles. The first-order valence-electron chi connectivity index (χ1n) is 12.1. The fourth-order valence-corrected chi connectivity index (χ4v) is 3.30. The number of hydrogen-bond donors (Lipinski definition) is 2. The molecule has 0 saturated heterocycles. The van der Waals surface area contributed by atoms with Crippen molar-refractivity contribution in [2.24, 2.45) is 0 Å². The van der Waals surface area contributed by atoms with E-state index in [4.69, 9.17) is 47.9 Å². The Bertz CT molecular complexity index is 1380. The quantitative estimate of drug-likeness (QED) is 0.191. The third kappa shape index (κ3) is 16.1. The number of halogens is 4. The van der Waals surface area contributed by atoms with Crippen LogP contribution < -0.4 is 0 Å². The number of hydrogen-bond acceptors (Lipinski definition) is 12. The summed E-state index contributed by atoms with van der Waals surface area (Å²) in [7, 11) is 22.1. The van der Waals surface area contributed by atoms with Crippen molar-refractivity contribution in [3.63, 3.8) is 0 Å². The van der Waals surface area contributed by atoms with Crippen LogP contribution in [0.15, 0.2) is 73.3 Å². The predicted octanol–water partition coefficient (Wildman–Crippen LogP) is 3.31. The van der Waals surface area contributed by atoms with Gasteiger partial charge < -0.3 is 30.6 Å². The van der Waals surface area contributed by atoms with Crippen LogP contribution in [0.25, 0.3) is 22.8 Å². The van der Waals surface area contributed by atoms with E-state index in [1.54, 1.807) is 0 Å². The van der Waals surface area contributed by atoms with Gasteiger partial charge in [0.25, 0.3) is 0 Å². The molecule has 0 aromatic carbocycles. The third-order valence-corrected chi connectivity index (χ3v) is 5.34. The summed E-state index contributed by atoms with van der Waals surface area (Å²) < 4.78 is 9.26. The average Bonchev–Trinajstić information content (AvgIpc) is 3.11. The summed E-state index contributed by atoms with van der Waals surface area (Å²) >= 11 is -0.944. The zero-order valence-corrected chi connectivity index (χ0v) is 32.2. The Balaban J connectivity index is 0. The van der Waals surface area contributed by atoms with Gasteiger partial charge in [-0.1, -0.05) is 0 Å². The fraction of sp³-hybridized carbons (Fsp3) is 0.143. The minimum atomic E-state index is -0.570. The molecule has 0 saturated carbocycles. The standard InChI is InChI=1S/2C14H12N2O4.4ClH.2H2O.2Pt/c2*1-20-14(19)10-3-5-16-12(7-10)11-6-9(2-4-15-11)13(18)8-17;;;;;;;;/h2*2-7,17H,8H2,1H3;4*1H;2*1H2;;/q;;;;;;;;2*+2/p-4. The summed E-state index contributed by atoms with van der Waals surface area (Å²) in [5.41, 5.74) is 3.13. The Morgan fingerprint density at radius 2 is 0.792 bits per heavy atom. The Kier molecular flexibility index (Phi) is 26.8. The van der Waals surface area contributed by atoms with Gasteiger partial charge in [-0.05, 0) is 48.5 Å². The average molecular weight is 1110 g/mol. The van der Waals surface area contributed by atoms with Gasteiger partial charge in [-0.2, -0.15) is 0 Å². The van der Waals surface area contributed by atoms with Crippen molar-refractivity contribution >= 4 is 61.2 Å². The first kappa shape index (κ1) is 47.4. The molecule has 6 N–H and O–H groups in total. The van der Waals surface area contributed by atoms with Gasteiger partial charge >= 0.3 is 82.6 Å². The van der Waals surface area contributed by atoms with Crippen LogP contribution in [0.5, 0.6) is 0 Å². The van der Waals surface area contributed by atoms with E-state index in [2.05, 4.69) is 29.4 Å². The van der Waals surface area contributed by atoms with Crippen LogP contribution >= 0.6 is 37.7 Å². The summed E-state index contributed by atoms with van der Waals surface area (Å²) in [6, 6.07) is 12.2. The number of aromatic nitrogens is 4. The van der Waals surface area contributed by atoms with E-state index in [9.17, 15) is 19.2 Å². The molecule has 0 atom stereocenters. The number of pyridine rings is 4. The summed E-state index contributed by atoms with van der Waals surface area (Å²) in [5, 5.41) is 17.7. The van der Waals surface area contributed by atoms with Gasteiger partial charge in [0.2, 0.25) is 0 Å². The Labute approximate surface area is 307 Å². The molecule has 0 aliphatic carbocycles. The second-order valence-electron chi connectivity index (χ2n) is 7.96. The van der Waals surface area contributed by atoms with Gasteiger partial charge in [0.15, 0.2) is 11.6 Å². The van der Waals surface area contributed by atoms with E-state index in [1.165, 1.54) is 87.5 Å². The molecule has 4 heterocycles. The zero-order valence-electron chi connectivity index (χ0n) is 24.6. The van der Waals surface area contributed by atoms with Crippen molar-refractivity contribution in [2.75, 3.05) is 27.4 Å². The molecular weight excluding hydrogens is 1080 g/mol. The fourth-order valence-electron chi connectivity index (χ4n) is 3.30. The molecule has 0 radical (unpaired) electrons. The number of nitrogens with zero attached hydrogens (tertiary/aromatic N) is 4. The van der Waals surface area contributed by atoms with Crippen LogP contribution in [0.4, 0.5) is 0 Å². The maximum absolute atomic E-state index is 11.5. The van der Waals surface area contributed by atoms with Gasteiger partial charge in [-0.25, -0.2) is 9.59 Å². The number of Topliss-reactive ketones (excluding diaryl/α,β-unsaturated/α-hetero) is 2. The van der Waals surface area contributed by atoms with E-state index < -0.39 is 69.7 Å². The first-order valence-corrected chi connectivity index (χ1v) is 23.3. The predicted molar refractivity (Wildman–Crippen MR) is 171 cm³/mol. The Hall–Kier alpha value is -2.74. The maximum atomic E-state index is 11.5. The normalized spacial score (nSPS) is 9.33. The van der Waals surface area contributed by atoms with Crippen molar-refractivity contribution in [3.05, 3.63) is 95.6 Å². The molecule has 0 aliphatic rings. The second kappa shape index (κ2) is 27.1. The summed E-state index contributed by atoms with van der Waals surface area (Å²) in [6.07, 6.45) is 5.82. The number of carbonyl (C=O) groups excluding carboxylic acids is 4. The molecule has 0 spiro atoms. The molecule has 0 aliphatic heterocycles. The number of esters is 2. The van der Waals surface area contributed by atoms with Crippen LogP contribution in [0.3, 0.4) is 0 Å². The molecule has 0 fully saturated rings. The number of methoxy groups -OCH3 is 2. The van der Waals surface area contributed by atoms with Gasteiger partial charge in [0.05, 0.1) is 48.1 Å². The number of ketones is 2. The van der Waals surface area contributed by atoms with Crippen LogP contribution in [-0.4, -0.2) is 92.0 Å². The molecular formula is C28H28Cl4N4O10Pt2. The van der Waals surface area contributed by atoms with Crippen molar-refractivity contribution < 1.29 is 82.8 Å². The Morgan fingerprint density at radius 3 is 1.02 bits per heavy atom. The molecule has 0 amide bonds. The monoisotopic (exact) mass is 1110 g/mol. The molecule has 4 aromatic rings. The minimum absolute atomic E-state index is 0. The molecule has 4 rings (SSSR count). The second-order valence-corrected chi connectivity index (χ2v) is 14.5. The van der Waals surface area contributed by atoms with Gasteiger partial charge in [-0.3, -0.25) is 29.5 Å². The summed E-state index contributed by atoms with van der Waals surface area (Å²) in [4.78, 5) is 62.2. The third-order valence-electron chi connectivity index (χ3n) is 5.34. The van der Waals surface area contributed by atoms with Gasteiger partial charge in [-0.15, -0.1) is 0 Å². The van der Waals surface area contributed by atoms with Crippen molar-refractivity contribution in [1.29, 1.82) is 0 Å². The zero-order chi connectivity index (χ0) is 34.5. The van der Waals surface area contributed by atoms with E-state index >= 15 is 0 Å². The number of aliphatic hydroxyl groups excluding tert-OH is 2. The molecule has 20 heteroatoms. The van der Waals surface area contributed by atoms with Gasteiger partial charge in [0.1, 0.15) is 13.2 Å². The van der Waals surface area contributed by atoms with Crippen LogP contribution in [0.2, 0.25) is 0 Å². The van der Waals surface area contributed by atoms with E-state index in [-0.39, 0.29) is 11.0 Å². The van der Waals surface area contributed by atoms with Crippen LogP contribution in [0, 0.1) is 0 Å². The SMILES string of the molecule is COC(=O)c1ccnc(-c2cc(C(=O)CO)ccn2)c1.COC(=O)c1ccnc(-c2cc(C(=O)CO)ccn2)c1.O.O.[Cl][Pt][Cl].[Cl][Pt][Cl]. The van der Waals surface area contributed by atoms with Crippen LogP contribution in [0.1, 0.15) is 41.4 Å². The molecule has 48 heavy (non-hydrogen) atoms. The van der Waals surface area contributed by atoms with Gasteiger partial charge in [0, 0.05) is 35.9 Å². The molecule has 14 nitrogen and oxygen atoms in total. The summed E-state index contributed by atoms with van der Waals surface area (Å²) in [6.45, 7) is -1.14. The number of rotatable bonds is 8. The van der Waals surface area contributed by atoms with Crippen LogP contribution in [-0.2, 0) is 42.4 Å². The first-order chi connectivity index (χ1) is 22.1. The summed E-state index contributed by atoms with van der Waals surface area (Å²) in [5.74, 6) is -1.76. The molecule has 0 bridgehead atoms. The number of carbonyl (C=O) groups is 4. The number of ether oxygens (including phenoxy) is 2. The molecule has 268 valence electrons. The van der Waals surface area contributed by atoms with E-state index in [1.807, 2.05) is 0 Å². The van der Waals surface area contributed by atoms with Crippen molar-refractivity contribution in [2.45, 2.75) is 0 Å². The van der Waals surface area contributed by atoms with Crippen molar-refractivity contribution in [1.82, 2.24) is 19.9 Å². The molecule has 0 unspecified atom stereocenters. The van der Waals surface area contributed by atoms with E-state index in [0.29, 0.717) is 45.0 Å². The van der Waals surface area contributed by atoms with E-state index in [0.717, 1.165) is 0 Å². The van der Waals surface area contributed by atoms with Crippen molar-refractivity contribution in [3.8, 4) is 22.8 Å². The number of aliphatic hydroxyl groups is 2. The topological polar surface area (TPSA) is 242 Å².